The Balaban J connectivity index is 2.13. The third kappa shape index (κ3) is 1.46. The number of benzene rings is 2. The first-order chi connectivity index (χ1) is 9.65. The minimum atomic E-state index is 0.974. The standard InChI is InChI=1S/C19H17N/c1-11-4-6-14-10-20-18-9-16-13(3)12(2)5-7-15(16)19(18)17(14)8-11/h4-8,10H,9H2,1-3H3. The predicted octanol–water partition coefficient (Wildman–Crippen LogP) is 4.73. The zero-order chi connectivity index (χ0) is 13.9. The molecule has 3 aromatic rings. The lowest BCUT2D eigenvalue weighted by Crippen LogP contribution is -1.90. The average Bonchev–Trinajstić information content (AvgIpc) is 2.82. The smallest absolute Gasteiger partial charge is 0.0532 e. The van der Waals surface area contributed by atoms with E-state index in [2.05, 4.69) is 51.1 Å². The number of aryl methyl sites for hydroxylation is 2. The van der Waals surface area contributed by atoms with E-state index in [-0.39, 0.29) is 0 Å². The van der Waals surface area contributed by atoms with Crippen LogP contribution in [0.3, 0.4) is 0 Å². The Hall–Kier alpha value is -2.15. The van der Waals surface area contributed by atoms with Crippen molar-refractivity contribution in [2.75, 3.05) is 0 Å². The molecule has 0 N–H and O–H groups in total. The van der Waals surface area contributed by atoms with Crippen molar-refractivity contribution >= 4 is 10.8 Å². The SMILES string of the molecule is Cc1ccc2cnc3c(c2c1)-c1ccc(C)c(C)c1C3. The molecule has 2 aromatic carbocycles. The van der Waals surface area contributed by atoms with Crippen LogP contribution in [0.4, 0.5) is 0 Å². The molecule has 0 fully saturated rings. The van der Waals surface area contributed by atoms with Gasteiger partial charge in [0.25, 0.3) is 0 Å². The molecular weight excluding hydrogens is 242 g/mol. The zero-order valence-corrected chi connectivity index (χ0v) is 12.1. The van der Waals surface area contributed by atoms with Crippen molar-refractivity contribution in [1.82, 2.24) is 4.98 Å². The number of fused-ring (bicyclic) bond motifs is 5. The van der Waals surface area contributed by atoms with E-state index < -0.39 is 0 Å². The second-order valence-corrected chi connectivity index (χ2v) is 5.88. The zero-order valence-electron chi connectivity index (χ0n) is 12.1. The fourth-order valence-corrected chi connectivity index (χ4v) is 3.30. The van der Waals surface area contributed by atoms with Gasteiger partial charge in [0.15, 0.2) is 0 Å². The monoisotopic (exact) mass is 259 g/mol. The number of hydrogen-bond acceptors (Lipinski definition) is 1. The highest BCUT2D eigenvalue weighted by molar-refractivity contribution is 6.00. The van der Waals surface area contributed by atoms with Crippen molar-refractivity contribution in [3.8, 4) is 11.1 Å². The molecule has 1 heterocycles. The summed E-state index contributed by atoms with van der Waals surface area (Å²) < 4.78 is 0. The number of nitrogens with zero attached hydrogens (tertiary/aromatic N) is 1. The van der Waals surface area contributed by atoms with Gasteiger partial charge in [-0.3, -0.25) is 4.98 Å². The van der Waals surface area contributed by atoms with Crippen LogP contribution in [0.15, 0.2) is 36.5 Å². The second kappa shape index (κ2) is 3.92. The molecule has 20 heavy (non-hydrogen) atoms. The Labute approximate surface area is 119 Å². The summed E-state index contributed by atoms with van der Waals surface area (Å²) in [5.41, 5.74) is 9.52. The van der Waals surface area contributed by atoms with Crippen molar-refractivity contribution in [2.45, 2.75) is 27.2 Å². The van der Waals surface area contributed by atoms with Crippen LogP contribution in [0, 0.1) is 20.8 Å². The molecule has 0 amide bonds. The lowest BCUT2D eigenvalue weighted by Gasteiger charge is -2.09. The van der Waals surface area contributed by atoms with E-state index in [0.717, 1.165) is 6.42 Å². The van der Waals surface area contributed by atoms with E-state index in [4.69, 9.17) is 4.98 Å². The van der Waals surface area contributed by atoms with Crippen LogP contribution in [-0.4, -0.2) is 4.98 Å². The van der Waals surface area contributed by atoms with Crippen LogP contribution in [0.5, 0.6) is 0 Å². The maximum absolute atomic E-state index is 4.70. The van der Waals surface area contributed by atoms with Gasteiger partial charge >= 0.3 is 0 Å². The van der Waals surface area contributed by atoms with Crippen LogP contribution >= 0.6 is 0 Å². The van der Waals surface area contributed by atoms with Gasteiger partial charge in [-0.2, -0.15) is 0 Å². The van der Waals surface area contributed by atoms with Gasteiger partial charge in [0.2, 0.25) is 0 Å². The van der Waals surface area contributed by atoms with E-state index in [1.807, 2.05) is 6.20 Å². The van der Waals surface area contributed by atoms with Crippen molar-refractivity contribution < 1.29 is 0 Å². The molecule has 0 atom stereocenters. The first kappa shape index (κ1) is 11.7. The maximum Gasteiger partial charge on any atom is 0.0532 e. The van der Waals surface area contributed by atoms with Crippen molar-refractivity contribution in [3.05, 3.63) is 64.5 Å². The van der Waals surface area contributed by atoms with E-state index in [1.165, 1.54) is 49.8 Å². The Bertz CT molecular complexity index is 859. The van der Waals surface area contributed by atoms with Crippen LogP contribution in [-0.2, 0) is 6.42 Å². The van der Waals surface area contributed by atoms with Crippen LogP contribution < -0.4 is 0 Å². The number of rotatable bonds is 0. The van der Waals surface area contributed by atoms with Gasteiger partial charge in [-0.25, -0.2) is 0 Å². The normalized spacial score (nSPS) is 12.6. The predicted molar refractivity (Wildman–Crippen MR) is 84.2 cm³/mol. The first-order valence-electron chi connectivity index (χ1n) is 7.13. The molecule has 1 aliphatic carbocycles. The summed E-state index contributed by atoms with van der Waals surface area (Å²) in [5, 5.41) is 2.58. The van der Waals surface area contributed by atoms with Crippen LogP contribution in [0.25, 0.3) is 21.9 Å². The van der Waals surface area contributed by atoms with E-state index in [1.54, 1.807) is 0 Å². The topological polar surface area (TPSA) is 12.9 Å². The summed E-state index contributed by atoms with van der Waals surface area (Å²) in [6.45, 7) is 6.57. The molecule has 0 unspecified atom stereocenters. The molecule has 1 nitrogen and oxygen atoms in total. The fourth-order valence-electron chi connectivity index (χ4n) is 3.30. The summed E-state index contributed by atoms with van der Waals surface area (Å²) in [6.07, 6.45) is 2.99. The molecule has 98 valence electrons. The third-order valence-electron chi connectivity index (χ3n) is 4.61. The lowest BCUT2D eigenvalue weighted by molar-refractivity contribution is 1.11. The molecule has 4 rings (SSSR count). The van der Waals surface area contributed by atoms with Gasteiger partial charge in [-0.05, 0) is 48.4 Å². The van der Waals surface area contributed by atoms with Gasteiger partial charge in [-0.1, -0.05) is 35.9 Å². The van der Waals surface area contributed by atoms with Crippen LogP contribution in [0.2, 0.25) is 0 Å². The van der Waals surface area contributed by atoms with E-state index in [9.17, 15) is 0 Å². The quantitative estimate of drug-likeness (QED) is 0.445. The highest BCUT2D eigenvalue weighted by atomic mass is 14.7. The molecule has 1 aliphatic rings. The third-order valence-corrected chi connectivity index (χ3v) is 4.61. The Morgan fingerprint density at radius 1 is 1.00 bits per heavy atom. The average molecular weight is 259 g/mol. The second-order valence-electron chi connectivity index (χ2n) is 5.88. The summed E-state index contributed by atoms with van der Waals surface area (Å²) in [4.78, 5) is 4.70. The van der Waals surface area contributed by atoms with Gasteiger partial charge in [0.05, 0.1) is 5.69 Å². The molecule has 0 saturated carbocycles. The van der Waals surface area contributed by atoms with Gasteiger partial charge in [0.1, 0.15) is 0 Å². The van der Waals surface area contributed by atoms with Crippen LogP contribution in [0.1, 0.15) is 27.9 Å². The summed E-state index contributed by atoms with van der Waals surface area (Å²) >= 11 is 0. The van der Waals surface area contributed by atoms with Gasteiger partial charge in [-0.15, -0.1) is 0 Å². The molecule has 0 radical (unpaired) electrons. The maximum atomic E-state index is 4.70. The van der Waals surface area contributed by atoms with E-state index in [0.29, 0.717) is 0 Å². The largest absolute Gasteiger partial charge is 0.260 e. The molecule has 1 aromatic heterocycles. The van der Waals surface area contributed by atoms with Crippen molar-refractivity contribution in [3.63, 3.8) is 0 Å². The Morgan fingerprint density at radius 3 is 2.70 bits per heavy atom. The minimum absolute atomic E-state index is 0.974. The first-order valence-corrected chi connectivity index (χ1v) is 7.13. The molecule has 1 heteroatoms. The minimum Gasteiger partial charge on any atom is -0.260 e. The fraction of sp³-hybridized carbons (Fsp3) is 0.211. The molecule has 0 aliphatic heterocycles. The van der Waals surface area contributed by atoms with Gasteiger partial charge < -0.3 is 0 Å². The summed E-state index contributed by atoms with van der Waals surface area (Å²) in [6, 6.07) is 11.1. The summed E-state index contributed by atoms with van der Waals surface area (Å²) in [5.74, 6) is 0. The van der Waals surface area contributed by atoms with Crippen molar-refractivity contribution in [1.29, 1.82) is 0 Å². The highest BCUT2D eigenvalue weighted by Gasteiger charge is 2.23. The Morgan fingerprint density at radius 2 is 1.85 bits per heavy atom. The molecule has 0 bridgehead atoms. The summed E-state index contributed by atoms with van der Waals surface area (Å²) in [7, 11) is 0. The number of aromatic nitrogens is 1. The van der Waals surface area contributed by atoms with E-state index >= 15 is 0 Å². The number of hydrogen-bond donors (Lipinski definition) is 0. The molecule has 0 spiro atoms. The molecular formula is C19H17N. The lowest BCUT2D eigenvalue weighted by atomic mass is 9.96. The van der Waals surface area contributed by atoms with Crippen molar-refractivity contribution in [2.24, 2.45) is 0 Å². The van der Waals surface area contributed by atoms with Gasteiger partial charge in [0, 0.05) is 23.6 Å². The highest BCUT2D eigenvalue weighted by Crippen LogP contribution is 2.42. The number of pyridine rings is 1. The Kier molecular flexibility index (Phi) is 2.29. The molecule has 0 saturated heterocycles.